The van der Waals surface area contributed by atoms with Crippen LogP contribution in [0.1, 0.15) is 11.1 Å². The Bertz CT molecular complexity index is 633. The molecule has 0 spiro atoms. The lowest BCUT2D eigenvalue weighted by Crippen LogP contribution is -2.43. The van der Waals surface area contributed by atoms with Gasteiger partial charge in [-0.15, -0.1) is 0 Å². The Hall–Kier alpha value is -1.95. The second kappa shape index (κ2) is 5.79. The summed E-state index contributed by atoms with van der Waals surface area (Å²) in [5.74, 6) is -1.48. The Kier molecular flexibility index (Phi) is 4.61. The van der Waals surface area contributed by atoms with Crippen LogP contribution in [0.3, 0.4) is 0 Å². The molecule has 8 heteroatoms. The van der Waals surface area contributed by atoms with Gasteiger partial charge in [-0.1, -0.05) is 0 Å². The molecule has 0 radical (unpaired) electrons. The number of nitrogens with one attached hydrogen (secondary N) is 1. The first-order valence-electron chi connectivity index (χ1n) is 5.18. The normalized spacial score (nSPS) is 12.7. The lowest BCUT2D eigenvalue weighted by molar-refractivity contribution is -0.139. The van der Waals surface area contributed by atoms with Crippen LogP contribution >= 0.6 is 0 Å². The quantitative estimate of drug-likeness (QED) is 0.674. The standard InChI is InChI=1S/C11H12N2O5S/c1-7-4-9(3-2-8(7)5-12)19(17,18)13-10(6-14)11(15)16/h2-4,10,13-14H,6H2,1H3,(H,15,16)/t10-/m0/s1. The minimum Gasteiger partial charge on any atom is -0.480 e. The minimum atomic E-state index is -4.06. The van der Waals surface area contributed by atoms with E-state index >= 15 is 0 Å². The van der Waals surface area contributed by atoms with Crippen LogP contribution in [-0.4, -0.2) is 37.2 Å². The van der Waals surface area contributed by atoms with Gasteiger partial charge in [-0.05, 0) is 30.7 Å². The minimum absolute atomic E-state index is 0.163. The van der Waals surface area contributed by atoms with E-state index in [0.717, 1.165) is 0 Å². The summed E-state index contributed by atoms with van der Waals surface area (Å²) in [6.07, 6.45) is 0. The molecule has 0 aliphatic carbocycles. The number of hydrogen-bond acceptors (Lipinski definition) is 5. The predicted molar refractivity (Wildman–Crippen MR) is 64.7 cm³/mol. The molecule has 0 heterocycles. The van der Waals surface area contributed by atoms with Gasteiger partial charge in [-0.25, -0.2) is 8.42 Å². The van der Waals surface area contributed by atoms with Crippen LogP contribution in [0.5, 0.6) is 0 Å². The van der Waals surface area contributed by atoms with E-state index in [2.05, 4.69) is 0 Å². The molecule has 102 valence electrons. The van der Waals surface area contributed by atoms with Crippen LogP contribution in [0.25, 0.3) is 0 Å². The number of rotatable bonds is 5. The maximum Gasteiger partial charge on any atom is 0.324 e. The number of hydrogen-bond donors (Lipinski definition) is 3. The van der Waals surface area contributed by atoms with Gasteiger partial charge >= 0.3 is 5.97 Å². The molecule has 0 unspecified atom stereocenters. The highest BCUT2D eigenvalue weighted by Gasteiger charge is 2.24. The molecule has 0 amide bonds. The van der Waals surface area contributed by atoms with E-state index < -0.39 is 28.6 Å². The maximum absolute atomic E-state index is 11.9. The number of carboxylic acid groups (broad SMARTS) is 1. The molecule has 1 aromatic rings. The molecule has 1 atom stereocenters. The lowest BCUT2D eigenvalue weighted by atomic mass is 10.1. The van der Waals surface area contributed by atoms with Crippen molar-refractivity contribution in [3.63, 3.8) is 0 Å². The van der Waals surface area contributed by atoms with Gasteiger partial charge in [0, 0.05) is 0 Å². The first-order chi connectivity index (χ1) is 8.81. The van der Waals surface area contributed by atoms with Crippen LogP contribution in [0, 0.1) is 18.3 Å². The van der Waals surface area contributed by atoms with Crippen LogP contribution < -0.4 is 4.72 Å². The zero-order valence-electron chi connectivity index (χ0n) is 9.99. The number of aryl methyl sites for hydroxylation is 1. The van der Waals surface area contributed by atoms with Gasteiger partial charge in [0.1, 0.15) is 6.04 Å². The second-order valence-corrected chi connectivity index (χ2v) is 5.50. The highest BCUT2D eigenvalue weighted by Crippen LogP contribution is 2.15. The summed E-state index contributed by atoms with van der Waals surface area (Å²) >= 11 is 0. The van der Waals surface area contributed by atoms with Crippen molar-refractivity contribution in [1.82, 2.24) is 4.72 Å². The summed E-state index contributed by atoms with van der Waals surface area (Å²) in [7, 11) is -4.06. The molecule has 0 aliphatic heterocycles. The van der Waals surface area contributed by atoms with E-state index in [4.69, 9.17) is 15.5 Å². The zero-order chi connectivity index (χ0) is 14.6. The zero-order valence-corrected chi connectivity index (χ0v) is 10.8. The summed E-state index contributed by atoms with van der Waals surface area (Å²) in [6, 6.07) is 4.08. The van der Waals surface area contributed by atoms with E-state index in [1.807, 2.05) is 10.8 Å². The predicted octanol–water partition coefficient (Wildman–Crippen LogP) is -0.410. The first-order valence-corrected chi connectivity index (χ1v) is 6.67. The summed E-state index contributed by atoms with van der Waals surface area (Å²) in [5.41, 5.74) is 0.789. The first kappa shape index (κ1) is 15.1. The van der Waals surface area contributed by atoms with E-state index in [0.29, 0.717) is 11.1 Å². The fourth-order valence-electron chi connectivity index (χ4n) is 1.35. The molecule has 0 bridgehead atoms. The van der Waals surface area contributed by atoms with Crippen molar-refractivity contribution in [3.05, 3.63) is 29.3 Å². The van der Waals surface area contributed by atoms with Crippen molar-refractivity contribution in [1.29, 1.82) is 5.26 Å². The number of carboxylic acids is 1. The van der Waals surface area contributed by atoms with Crippen LogP contribution in [0.4, 0.5) is 0 Å². The molecule has 0 fully saturated rings. The third-order valence-corrected chi connectivity index (χ3v) is 3.88. The molecule has 0 aliphatic rings. The molecule has 0 aromatic heterocycles. The van der Waals surface area contributed by atoms with E-state index in [1.165, 1.54) is 18.2 Å². The van der Waals surface area contributed by atoms with Crippen LogP contribution in [-0.2, 0) is 14.8 Å². The highest BCUT2D eigenvalue weighted by molar-refractivity contribution is 7.89. The Morgan fingerprint density at radius 2 is 2.16 bits per heavy atom. The largest absolute Gasteiger partial charge is 0.480 e. The van der Waals surface area contributed by atoms with E-state index in [1.54, 1.807) is 6.92 Å². The van der Waals surface area contributed by atoms with Gasteiger partial charge in [0.15, 0.2) is 0 Å². The molecular formula is C11H12N2O5S. The third kappa shape index (κ3) is 3.51. The summed E-state index contributed by atoms with van der Waals surface area (Å²) < 4.78 is 25.6. The second-order valence-electron chi connectivity index (χ2n) is 3.78. The summed E-state index contributed by atoms with van der Waals surface area (Å²) in [5, 5.41) is 26.2. The number of nitrogens with zero attached hydrogens (tertiary/aromatic N) is 1. The smallest absolute Gasteiger partial charge is 0.324 e. The lowest BCUT2D eigenvalue weighted by Gasteiger charge is -2.12. The van der Waals surface area contributed by atoms with Gasteiger partial charge in [-0.3, -0.25) is 4.79 Å². The summed E-state index contributed by atoms with van der Waals surface area (Å²) in [6.45, 7) is 0.710. The van der Waals surface area contributed by atoms with Gasteiger partial charge in [0.2, 0.25) is 10.0 Å². The van der Waals surface area contributed by atoms with Gasteiger partial charge in [0.05, 0.1) is 23.1 Å². The number of nitriles is 1. The number of sulfonamides is 1. The van der Waals surface area contributed by atoms with E-state index in [9.17, 15) is 13.2 Å². The molecular weight excluding hydrogens is 272 g/mol. The monoisotopic (exact) mass is 284 g/mol. The number of aliphatic carboxylic acids is 1. The van der Waals surface area contributed by atoms with Gasteiger partial charge in [0.25, 0.3) is 0 Å². The van der Waals surface area contributed by atoms with Crippen LogP contribution in [0.2, 0.25) is 0 Å². The average molecular weight is 284 g/mol. The summed E-state index contributed by atoms with van der Waals surface area (Å²) in [4.78, 5) is 10.5. The Morgan fingerprint density at radius 1 is 1.53 bits per heavy atom. The highest BCUT2D eigenvalue weighted by atomic mass is 32.2. The third-order valence-electron chi connectivity index (χ3n) is 2.41. The number of aliphatic hydroxyl groups is 1. The molecule has 1 rings (SSSR count). The Labute approximate surface area is 110 Å². The van der Waals surface area contributed by atoms with Crippen molar-refractivity contribution < 1.29 is 23.4 Å². The molecule has 0 saturated carbocycles. The van der Waals surface area contributed by atoms with Crippen molar-refractivity contribution in [3.8, 4) is 6.07 Å². The topological polar surface area (TPSA) is 127 Å². The fraction of sp³-hybridized carbons (Fsp3) is 0.273. The average Bonchev–Trinajstić information content (AvgIpc) is 2.35. The maximum atomic E-state index is 11.9. The van der Waals surface area contributed by atoms with Gasteiger partial charge in [-0.2, -0.15) is 9.98 Å². The molecule has 3 N–H and O–H groups in total. The number of carbonyl (C=O) groups is 1. The number of aliphatic hydroxyl groups excluding tert-OH is 1. The van der Waals surface area contributed by atoms with Crippen LogP contribution in [0.15, 0.2) is 23.1 Å². The SMILES string of the molecule is Cc1cc(S(=O)(=O)N[C@@H](CO)C(=O)O)ccc1C#N. The molecule has 19 heavy (non-hydrogen) atoms. The number of benzene rings is 1. The Morgan fingerprint density at radius 3 is 2.58 bits per heavy atom. The molecule has 1 aromatic carbocycles. The van der Waals surface area contributed by atoms with Gasteiger partial charge < -0.3 is 10.2 Å². The molecule has 7 nitrogen and oxygen atoms in total. The van der Waals surface area contributed by atoms with Crippen molar-refractivity contribution in [2.24, 2.45) is 0 Å². The molecule has 0 saturated heterocycles. The fourth-order valence-corrected chi connectivity index (χ4v) is 2.61. The van der Waals surface area contributed by atoms with Crippen molar-refractivity contribution in [2.75, 3.05) is 6.61 Å². The van der Waals surface area contributed by atoms with E-state index in [-0.39, 0.29) is 4.90 Å². The van der Waals surface area contributed by atoms with Crippen molar-refractivity contribution >= 4 is 16.0 Å². The van der Waals surface area contributed by atoms with Crippen molar-refractivity contribution in [2.45, 2.75) is 17.9 Å². The Balaban J connectivity index is 3.11.